The third kappa shape index (κ3) is 3.90. The molecule has 1 fully saturated rings. The van der Waals surface area contributed by atoms with Crippen molar-refractivity contribution in [3.8, 4) is 0 Å². The predicted octanol–water partition coefficient (Wildman–Crippen LogP) is 2.97. The third-order valence-corrected chi connectivity index (χ3v) is 5.38. The smallest absolute Gasteiger partial charge is 0.317 e. The first-order valence-electron chi connectivity index (χ1n) is 8.77. The summed E-state index contributed by atoms with van der Waals surface area (Å²) in [5, 5.41) is 10.7. The lowest BCUT2D eigenvalue weighted by Crippen LogP contribution is -2.43. The van der Waals surface area contributed by atoms with Crippen molar-refractivity contribution in [3.05, 3.63) is 39.4 Å². The van der Waals surface area contributed by atoms with Crippen LogP contribution in [-0.2, 0) is 0 Å². The van der Waals surface area contributed by atoms with Crippen molar-refractivity contribution < 1.29 is 14.1 Å². The molecule has 1 aliphatic heterocycles. The quantitative estimate of drug-likeness (QED) is 0.893. The molecule has 2 aromatic heterocycles. The van der Waals surface area contributed by atoms with E-state index in [2.05, 4.69) is 10.5 Å². The van der Waals surface area contributed by atoms with Gasteiger partial charge in [-0.1, -0.05) is 5.16 Å². The summed E-state index contributed by atoms with van der Waals surface area (Å²) in [4.78, 5) is 28.7. The van der Waals surface area contributed by atoms with Crippen LogP contribution in [-0.4, -0.2) is 53.1 Å². The van der Waals surface area contributed by atoms with Gasteiger partial charge in [0.25, 0.3) is 5.91 Å². The van der Waals surface area contributed by atoms with Gasteiger partial charge in [0.2, 0.25) is 0 Å². The molecule has 0 aliphatic carbocycles. The number of carbonyl (C=O) groups excluding carboxylic acids is 2. The zero-order valence-electron chi connectivity index (χ0n) is 15.3. The molecule has 2 aromatic rings. The lowest BCUT2D eigenvalue weighted by Gasteiger charge is -2.24. The predicted molar refractivity (Wildman–Crippen MR) is 99.3 cm³/mol. The van der Waals surface area contributed by atoms with Gasteiger partial charge in [-0.25, -0.2) is 4.79 Å². The molecule has 140 valence electrons. The number of thiophene rings is 1. The van der Waals surface area contributed by atoms with Gasteiger partial charge in [0.05, 0.1) is 17.3 Å². The fourth-order valence-electron chi connectivity index (χ4n) is 3.35. The van der Waals surface area contributed by atoms with Crippen LogP contribution in [0.2, 0.25) is 0 Å². The van der Waals surface area contributed by atoms with Crippen LogP contribution < -0.4 is 5.32 Å². The summed E-state index contributed by atoms with van der Waals surface area (Å²) in [6, 6.07) is 1.54. The second-order valence-electron chi connectivity index (χ2n) is 6.55. The first kappa shape index (κ1) is 18.4. The molecule has 8 heteroatoms. The second kappa shape index (κ2) is 7.90. The maximum atomic E-state index is 12.6. The Bertz CT molecular complexity index is 752. The Morgan fingerprint density at radius 2 is 1.96 bits per heavy atom. The maximum absolute atomic E-state index is 12.6. The van der Waals surface area contributed by atoms with E-state index in [1.165, 1.54) is 11.3 Å². The van der Waals surface area contributed by atoms with Crippen LogP contribution in [0.5, 0.6) is 0 Å². The SMILES string of the molecule is Cc1noc(C)c1[C@@H](C)NC(=O)N1CCCN(C(=O)c2ccsc2)CC1. The van der Waals surface area contributed by atoms with Crippen LogP contribution in [0, 0.1) is 13.8 Å². The van der Waals surface area contributed by atoms with Gasteiger partial charge in [0.1, 0.15) is 5.76 Å². The number of nitrogens with zero attached hydrogens (tertiary/aromatic N) is 3. The highest BCUT2D eigenvalue weighted by atomic mass is 32.1. The number of aryl methyl sites for hydroxylation is 2. The summed E-state index contributed by atoms with van der Waals surface area (Å²) < 4.78 is 5.18. The van der Waals surface area contributed by atoms with E-state index in [-0.39, 0.29) is 18.0 Å². The number of rotatable bonds is 3. The first-order valence-corrected chi connectivity index (χ1v) is 9.71. The Hall–Kier alpha value is -2.35. The molecule has 3 amide bonds. The number of urea groups is 1. The molecule has 0 spiro atoms. The highest BCUT2D eigenvalue weighted by Gasteiger charge is 2.25. The molecule has 0 aromatic carbocycles. The zero-order chi connectivity index (χ0) is 18.7. The average molecular weight is 376 g/mol. The van der Waals surface area contributed by atoms with Gasteiger partial charge < -0.3 is 19.6 Å². The molecule has 0 bridgehead atoms. The highest BCUT2D eigenvalue weighted by molar-refractivity contribution is 7.08. The van der Waals surface area contributed by atoms with Crippen molar-refractivity contribution in [2.75, 3.05) is 26.2 Å². The Kier molecular flexibility index (Phi) is 5.61. The van der Waals surface area contributed by atoms with Crippen LogP contribution in [0.15, 0.2) is 21.3 Å². The third-order valence-electron chi connectivity index (χ3n) is 4.70. The van der Waals surface area contributed by atoms with E-state index in [0.29, 0.717) is 26.2 Å². The molecule has 7 nitrogen and oxygen atoms in total. The van der Waals surface area contributed by atoms with Crippen LogP contribution in [0.25, 0.3) is 0 Å². The van der Waals surface area contributed by atoms with Crippen LogP contribution in [0.3, 0.4) is 0 Å². The van der Waals surface area contributed by atoms with E-state index in [9.17, 15) is 9.59 Å². The summed E-state index contributed by atoms with van der Waals surface area (Å²) in [7, 11) is 0. The molecule has 0 radical (unpaired) electrons. The molecule has 1 saturated heterocycles. The van der Waals surface area contributed by atoms with Gasteiger partial charge >= 0.3 is 6.03 Å². The standard InChI is InChI=1S/C18H24N4O3S/c1-12(16-13(2)20-25-14(16)3)19-18(24)22-7-4-6-21(8-9-22)17(23)15-5-10-26-11-15/h5,10-12H,4,6-9H2,1-3H3,(H,19,24)/t12-/m1/s1. The normalized spacial score (nSPS) is 16.3. The van der Waals surface area contributed by atoms with E-state index in [1.807, 2.05) is 42.5 Å². The fraction of sp³-hybridized carbons (Fsp3) is 0.500. The zero-order valence-corrected chi connectivity index (χ0v) is 16.1. The summed E-state index contributed by atoms with van der Waals surface area (Å²) in [5.74, 6) is 0.760. The molecule has 1 N–H and O–H groups in total. The van der Waals surface area contributed by atoms with Crippen molar-refractivity contribution in [2.24, 2.45) is 0 Å². The Labute approximate surface area is 156 Å². The molecular formula is C18H24N4O3S. The number of nitrogens with one attached hydrogen (secondary N) is 1. The number of hydrogen-bond donors (Lipinski definition) is 1. The topological polar surface area (TPSA) is 78.7 Å². The van der Waals surface area contributed by atoms with Gasteiger partial charge in [-0.2, -0.15) is 11.3 Å². The highest BCUT2D eigenvalue weighted by Crippen LogP contribution is 2.21. The van der Waals surface area contributed by atoms with E-state index in [0.717, 1.165) is 29.0 Å². The lowest BCUT2D eigenvalue weighted by molar-refractivity contribution is 0.0762. The number of hydrogen-bond acceptors (Lipinski definition) is 5. The van der Waals surface area contributed by atoms with Gasteiger partial charge in [0, 0.05) is 37.1 Å². The minimum absolute atomic E-state index is 0.0394. The number of amides is 3. The van der Waals surface area contributed by atoms with Gasteiger partial charge in [0.15, 0.2) is 0 Å². The molecule has 3 rings (SSSR count). The van der Waals surface area contributed by atoms with Gasteiger partial charge in [-0.15, -0.1) is 0 Å². The van der Waals surface area contributed by atoms with Gasteiger partial charge in [-0.3, -0.25) is 4.79 Å². The van der Waals surface area contributed by atoms with Crippen LogP contribution in [0.1, 0.15) is 46.8 Å². The summed E-state index contributed by atoms with van der Waals surface area (Å²) in [6.07, 6.45) is 0.767. The molecule has 0 unspecified atom stereocenters. The molecule has 0 saturated carbocycles. The van der Waals surface area contributed by atoms with Crippen LogP contribution >= 0.6 is 11.3 Å². The average Bonchev–Trinajstić information content (AvgIpc) is 3.17. The first-order chi connectivity index (χ1) is 12.5. The molecule has 26 heavy (non-hydrogen) atoms. The summed E-state index contributed by atoms with van der Waals surface area (Å²) in [6.45, 7) is 8.00. The largest absolute Gasteiger partial charge is 0.361 e. The number of carbonyl (C=O) groups is 2. The Morgan fingerprint density at radius 3 is 2.62 bits per heavy atom. The molecular weight excluding hydrogens is 352 g/mol. The maximum Gasteiger partial charge on any atom is 0.317 e. The van der Waals surface area contributed by atoms with Crippen molar-refractivity contribution in [1.82, 2.24) is 20.3 Å². The Balaban J connectivity index is 1.58. The van der Waals surface area contributed by atoms with Crippen LogP contribution in [0.4, 0.5) is 4.79 Å². The molecule has 1 atom stereocenters. The van der Waals surface area contributed by atoms with Crippen molar-refractivity contribution >= 4 is 23.3 Å². The fourth-order valence-corrected chi connectivity index (χ4v) is 3.98. The minimum Gasteiger partial charge on any atom is -0.361 e. The minimum atomic E-state index is -0.180. The van der Waals surface area contributed by atoms with Crippen molar-refractivity contribution in [3.63, 3.8) is 0 Å². The lowest BCUT2D eigenvalue weighted by atomic mass is 10.1. The number of aromatic nitrogens is 1. The van der Waals surface area contributed by atoms with Crippen molar-refractivity contribution in [2.45, 2.75) is 33.2 Å². The second-order valence-corrected chi connectivity index (χ2v) is 7.33. The Morgan fingerprint density at radius 1 is 1.23 bits per heavy atom. The van der Waals surface area contributed by atoms with E-state index in [1.54, 1.807) is 4.90 Å². The molecule has 1 aliphatic rings. The van der Waals surface area contributed by atoms with E-state index >= 15 is 0 Å². The van der Waals surface area contributed by atoms with E-state index in [4.69, 9.17) is 4.52 Å². The van der Waals surface area contributed by atoms with E-state index < -0.39 is 0 Å². The van der Waals surface area contributed by atoms with Crippen molar-refractivity contribution in [1.29, 1.82) is 0 Å². The summed E-state index contributed by atoms with van der Waals surface area (Å²) in [5.41, 5.74) is 2.43. The molecule has 3 heterocycles. The van der Waals surface area contributed by atoms with Gasteiger partial charge in [-0.05, 0) is 38.6 Å². The summed E-state index contributed by atoms with van der Waals surface area (Å²) >= 11 is 1.52. The monoisotopic (exact) mass is 376 g/mol.